The number of carboxylic acid groups (broad SMARTS) is 1. The number of hydrogen-bond acceptors (Lipinski definition) is 3. The second-order valence-corrected chi connectivity index (χ2v) is 5.16. The molecule has 1 aromatic carbocycles. The van der Waals surface area contributed by atoms with Crippen LogP contribution in [0, 0.1) is 0 Å². The van der Waals surface area contributed by atoms with E-state index in [-0.39, 0.29) is 6.42 Å². The number of fused-ring (bicyclic) bond motifs is 1. The molecule has 0 bridgehead atoms. The first kappa shape index (κ1) is 11.3. The molecule has 16 heavy (non-hydrogen) atoms. The molecule has 0 saturated carbocycles. The smallest absolute Gasteiger partial charge is 0.303 e. The second kappa shape index (κ2) is 4.78. The summed E-state index contributed by atoms with van der Waals surface area (Å²) in [7, 11) is 1.67. The Morgan fingerprint density at radius 2 is 2.44 bits per heavy atom. The van der Waals surface area contributed by atoms with Crippen LogP contribution in [0.2, 0.25) is 0 Å². The summed E-state index contributed by atoms with van der Waals surface area (Å²) in [5.74, 6) is 0.200. The van der Waals surface area contributed by atoms with Crippen molar-refractivity contribution in [1.82, 2.24) is 0 Å². The van der Waals surface area contributed by atoms with E-state index in [1.54, 1.807) is 18.9 Å². The predicted octanol–water partition coefficient (Wildman–Crippen LogP) is 2.58. The van der Waals surface area contributed by atoms with Gasteiger partial charge in [0.05, 0.1) is 7.11 Å². The van der Waals surface area contributed by atoms with Crippen molar-refractivity contribution in [3.8, 4) is 5.75 Å². The summed E-state index contributed by atoms with van der Waals surface area (Å²) in [4.78, 5) is 11.7. The van der Waals surface area contributed by atoms with Crippen LogP contribution in [0.25, 0.3) is 0 Å². The second-order valence-electron chi connectivity index (χ2n) is 3.81. The number of carbonyl (C=O) groups is 1. The summed E-state index contributed by atoms with van der Waals surface area (Å²) in [5.41, 5.74) is 1.23. The zero-order valence-corrected chi connectivity index (χ0v) is 9.92. The van der Waals surface area contributed by atoms with Crippen LogP contribution in [0.15, 0.2) is 23.1 Å². The summed E-state index contributed by atoms with van der Waals surface area (Å²) in [6.45, 7) is 0. The summed E-state index contributed by atoms with van der Waals surface area (Å²) in [6, 6.07) is 6.01. The van der Waals surface area contributed by atoms with Crippen LogP contribution < -0.4 is 4.74 Å². The molecule has 1 N–H and O–H groups in total. The van der Waals surface area contributed by atoms with Gasteiger partial charge in [-0.15, -0.1) is 11.8 Å². The van der Waals surface area contributed by atoms with Gasteiger partial charge in [-0.25, -0.2) is 0 Å². The lowest BCUT2D eigenvalue weighted by molar-refractivity contribution is -0.137. The molecule has 4 heteroatoms. The molecular weight excluding hydrogens is 224 g/mol. The largest absolute Gasteiger partial charge is 0.496 e. The van der Waals surface area contributed by atoms with Crippen LogP contribution in [0.1, 0.15) is 18.4 Å². The number of aliphatic carboxylic acids is 1. The van der Waals surface area contributed by atoms with Crippen molar-refractivity contribution in [2.24, 2.45) is 0 Å². The third-order valence-electron chi connectivity index (χ3n) is 2.72. The van der Waals surface area contributed by atoms with Gasteiger partial charge in [0.1, 0.15) is 5.75 Å². The van der Waals surface area contributed by atoms with Crippen LogP contribution in [-0.2, 0) is 11.2 Å². The number of carboxylic acids is 1. The minimum Gasteiger partial charge on any atom is -0.496 e. The quantitative estimate of drug-likeness (QED) is 0.875. The SMILES string of the molecule is COc1cccc2c1CC(CCC(=O)O)S2. The normalized spacial score (nSPS) is 18.2. The lowest BCUT2D eigenvalue weighted by Gasteiger charge is -2.06. The highest BCUT2D eigenvalue weighted by molar-refractivity contribution is 8.00. The van der Waals surface area contributed by atoms with E-state index in [2.05, 4.69) is 6.07 Å². The van der Waals surface area contributed by atoms with Crippen molar-refractivity contribution < 1.29 is 14.6 Å². The first-order valence-electron chi connectivity index (χ1n) is 5.25. The molecule has 2 rings (SSSR count). The molecule has 0 radical (unpaired) electrons. The third kappa shape index (κ3) is 2.32. The van der Waals surface area contributed by atoms with Gasteiger partial charge in [0.2, 0.25) is 0 Å². The highest BCUT2D eigenvalue weighted by Gasteiger charge is 2.25. The Hall–Kier alpha value is -1.16. The molecule has 86 valence electrons. The monoisotopic (exact) mass is 238 g/mol. The summed E-state index contributed by atoms with van der Waals surface area (Å²) in [5, 5.41) is 9.03. The summed E-state index contributed by atoms with van der Waals surface area (Å²) in [6.07, 6.45) is 1.88. The van der Waals surface area contributed by atoms with Gasteiger partial charge in [-0.05, 0) is 25.0 Å². The fourth-order valence-electron chi connectivity index (χ4n) is 1.94. The fourth-order valence-corrected chi connectivity index (χ4v) is 3.27. The average Bonchev–Trinajstić information content (AvgIpc) is 2.68. The van der Waals surface area contributed by atoms with Crippen molar-refractivity contribution in [3.63, 3.8) is 0 Å². The molecule has 0 amide bonds. The van der Waals surface area contributed by atoms with Crippen molar-refractivity contribution in [3.05, 3.63) is 23.8 Å². The topological polar surface area (TPSA) is 46.5 Å². The van der Waals surface area contributed by atoms with Crippen LogP contribution in [0.5, 0.6) is 5.75 Å². The fraction of sp³-hybridized carbons (Fsp3) is 0.417. The van der Waals surface area contributed by atoms with E-state index in [0.29, 0.717) is 5.25 Å². The van der Waals surface area contributed by atoms with E-state index in [0.717, 1.165) is 18.6 Å². The number of hydrogen-bond donors (Lipinski definition) is 1. The van der Waals surface area contributed by atoms with E-state index in [1.165, 1.54) is 10.5 Å². The number of benzene rings is 1. The Morgan fingerprint density at radius 3 is 3.12 bits per heavy atom. The zero-order valence-electron chi connectivity index (χ0n) is 9.10. The number of thioether (sulfide) groups is 1. The van der Waals surface area contributed by atoms with Gasteiger partial charge in [-0.2, -0.15) is 0 Å². The molecule has 0 spiro atoms. The van der Waals surface area contributed by atoms with Gasteiger partial charge in [-0.3, -0.25) is 4.79 Å². The van der Waals surface area contributed by atoms with Gasteiger partial charge in [-0.1, -0.05) is 6.07 Å². The van der Waals surface area contributed by atoms with Gasteiger partial charge in [0.15, 0.2) is 0 Å². The van der Waals surface area contributed by atoms with Gasteiger partial charge < -0.3 is 9.84 Å². The predicted molar refractivity (Wildman–Crippen MR) is 63.2 cm³/mol. The van der Waals surface area contributed by atoms with Crippen LogP contribution in [-0.4, -0.2) is 23.4 Å². The maximum atomic E-state index is 10.5. The van der Waals surface area contributed by atoms with Gasteiger partial charge in [0.25, 0.3) is 0 Å². The molecular formula is C12H14O3S. The summed E-state index contributed by atoms with van der Waals surface area (Å²) < 4.78 is 5.30. The van der Waals surface area contributed by atoms with Crippen molar-refractivity contribution in [2.45, 2.75) is 29.4 Å². The lowest BCUT2D eigenvalue weighted by atomic mass is 10.1. The van der Waals surface area contributed by atoms with Crippen molar-refractivity contribution in [1.29, 1.82) is 0 Å². The Balaban J connectivity index is 2.06. The van der Waals surface area contributed by atoms with Crippen LogP contribution >= 0.6 is 11.8 Å². The highest BCUT2D eigenvalue weighted by atomic mass is 32.2. The van der Waals surface area contributed by atoms with Crippen LogP contribution in [0.4, 0.5) is 0 Å². The molecule has 1 aliphatic rings. The Morgan fingerprint density at radius 1 is 1.62 bits per heavy atom. The Bertz CT molecular complexity index is 403. The van der Waals surface area contributed by atoms with E-state index in [4.69, 9.17) is 9.84 Å². The third-order valence-corrected chi connectivity index (χ3v) is 4.09. The summed E-state index contributed by atoms with van der Waals surface area (Å²) >= 11 is 1.76. The molecule has 1 atom stereocenters. The molecule has 1 heterocycles. The van der Waals surface area contributed by atoms with Gasteiger partial charge in [0, 0.05) is 22.1 Å². The molecule has 0 saturated heterocycles. The maximum absolute atomic E-state index is 10.5. The first-order chi connectivity index (χ1) is 7.70. The van der Waals surface area contributed by atoms with E-state index >= 15 is 0 Å². The van der Waals surface area contributed by atoms with Crippen molar-refractivity contribution >= 4 is 17.7 Å². The highest BCUT2D eigenvalue weighted by Crippen LogP contribution is 2.42. The molecule has 1 unspecified atom stereocenters. The Kier molecular flexibility index (Phi) is 3.39. The van der Waals surface area contributed by atoms with Gasteiger partial charge >= 0.3 is 5.97 Å². The minimum absolute atomic E-state index is 0.244. The molecule has 1 aromatic rings. The van der Waals surface area contributed by atoms with Crippen LogP contribution in [0.3, 0.4) is 0 Å². The number of ether oxygens (including phenoxy) is 1. The molecule has 3 nitrogen and oxygen atoms in total. The van der Waals surface area contributed by atoms with E-state index in [1.807, 2.05) is 12.1 Å². The van der Waals surface area contributed by atoms with E-state index < -0.39 is 5.97 Å². The van der Waals surface area contributed by atoms with E-state index in [9.17, 15) is 4.79 Å². The zero-order chi connectivity index (χ0) is 11.5. The molecule has 0 fully saturated rings. The lowest BCUT2D eigenvalue weighted by Crippen LogP contribution is -2.05. The first-order valence-corrected chi connectivity index (χ1v) is 6.13. The number of methoxy groups -OCH3 is 1. The Labute approximate surface area is 98.8 Å². The minimum atomic E-state index is -0.719. The molecule has 0 aliphatic carbocycles. The molecule has 0 aromatic heterocycles. The number of rotatable bonds is 4. The standard InChI is InChI=1S/C12H14O3S/c1-15-10-3-2-4-11-9(10)7-8(16-11)5-6-12(13)14/h2-4,8H,5-7H2,1H3,(H,13,14). The molecule has 1 aliphatic heterocycles. The average molecular weight is 238 g/mol. The maximum Gasteiger partial charge on any atom is 0.303 e. The van der Waals surface area contributed by atoms with Crippen molar-refractivity contribution in [2.75, 3.05) is 7.11 Å².